The summed E-state index contributed by atoms with van der Waals surface area (Å²) >= 11 is 0. The van der Waals surface area contributed by atoms with E-state index in [9.17, 15) is 15.8 Å². The van der Waals surface area contributed by atoms with Crippen molar-refractivity contribution in [2.45, 2.75) is 65.2 Å². The highest BCUT2D eigenvalue weighted by atomic mass is 19.2. The summed E-state index contributed by atoms with van der Waals surface area (Å²) in [6.07, 6.45) is -1.53. The molecule has 3 aromatic carbocycles. The smallest absolute Gasteiger partial charge is 0.238 e. The molecule has 0 heterocycles. The van der Waals surface area contributed by atoms with Gasteiger partial charge < -0.3 is 0 Å². The van der Waals surface area contributed by atoms with Crippen molar-refractivity contribution in [1.29, 1.82) is 15.8 Å². The monoisotopic (exact) mass is 738 g/mol. The maximum Gasteiger partial charge on any atom is 0.512 e. The van der Waals surface area contributed by atoms with Gasteiger partial charge in [0.2, 0.25) is 0 Å². The number of benzene rings is 3. The number of halogens is 8. The number of rotatable bonds is 8. The first-order valence-electron chi connectivity index (χ1n) is 16.3. The molecule has 0 radical (unpaired) electrons. The van der Waals surface area contributed by atoms with E-state index in [4.69, 9.17) is 19.7 Å². The summed E-state index contributed by atoms with van der Waals surface area (Å²) in [6.45, 7) is 26.4. The Morgan fingerprint density at radius 1 is 0.593 bits per heavy atom. The molecule has 0 saturated heterocycles. The Balaban J connectivity index is 2.22. The van der Waals surface area contributed by atoms with Crippen LogP contribution in [-0.2, 0) is 25.7 Å². The highest BCUT2D eigenvalue weighted by Gasteiger charge is 2.40. The maximum absolute atomic E-state index is 16.4. The fourth-order valence-electron chi connectivity index (χ4n) is 7.03. The number of hydrogen-bond donors (Lipinski definition) is 0. The van der Waals surface area contributed by atoms with E-state index in [1.54, 1.807) is 32.1 Å². The molecule has 14 heteroatoms. The topological polar surface area (TPSA) is 84.5 Å². The van der Waals surface area contributed by atoms with Crippen molar-refractivity contribution in [2.75, 3.05) is 0 Å². The third-order valence-corrected chi connectivity index (χ3v) is 9.49. The fraction of sp³-hybridized carbons (Fsp3) is 0.250. The Morgan fingerprint density at radius 3 is 1.37 bits per heavy atom. The van der Waals surface area contributed by atoms with Crippen LogP contribution in [0.2, 0.25) is 0 Å². The van der Waals surface area contributed by atoms with E-state index >= 15 is 35.1 Å². The van der Waals surface area contributed by atoms with Gasteiger partial charge in [0.15, 0.2) is 52.2 Å². The molecule has 0 bridgehead atoms. The van der Waals surface area contributed by atoms with Gasteiger partial charge in [-0.3, -0.25) is 0 Å². The summed E-state index contributed by atoms with van der Waals surface area (Å²) in [7, 11) is 0. The van der Waals surface area contributed by atoms with E-state index in [1.807, 2.05) is 0 Å². The van der Waals surface area contributed by atoms with Crippen molar-refractivity contribution in [2.24, 2.45) is 0 Å². The van der Waals surface area contributed by atoms with Gasteiger partial charge in [-0.25, -0.2) is 40.0 Å². The van der Waals surface area contributed by atoms with E-state index in [1.165, 1.54) is 0 Å². The average molecular weight is 739 g/mol. The molecule has 2 aliphatic rings. The van der Waals surface area contributed by atoms with Crippen LogP contribution in [0.25, 0.3) is 48.1 Å². The van der Waals surface area contributed by atoms with Crippen molar-refractivity contribution in [1.82, 2.24) is 0 Å². The van der Waals surface area contributed by atoms with Crippen LogP contribution in [-0.4, -0.2) is 0 Å². The van der Waals surface area contributed by atoms with Crippen molar-refractivity contribution in [3.63, 3.8) is 0 Å². The molecule has 54 heavy (non-hydrogen) atoms. The van der Waals surface area contributed by atoms with Gasteiger partial charge in [-0.15, -0.1) is 0 Å². The molecule has 0 amide bonds. The van der Waals surface area contributed by atoms with Crippen LogP contribution < -0.4 is 10.4 Å². The molecule has 6 nitrogen and oxygen atoms in total. The van der Waals surface area contributed by atoms with Crippen LogP contribution in [0.4, 0.5) is 35.1 Å². The quantitative estimate of drug-likeness (QED) is 0.100. The van der Waals surface area contributed by atoms with E-state index in [0.717, 1.165) is 0 Å². The van der Waals surface area contributed by atoms with E-state index in [0.29, 0.717) is 12.8 Å². The zero-order chi connectivity index (χ0) is 39.8. The predicted molar refractivity (Wildman–Crippen MR) is 178 cm³/mol. The summed E-state index contributed by atoms with van der Waals surface area (Å²) in [6, 6.07) is 4.77. The lowest BCUT2D eigenvalue weighted by Gasteiger charge is -2.20. The number of hydrogen-bond acceptors (Lipinski definition) is 3. The first-order valence-corrected chi connectivity index (χ1v) is 16.3. The van der Waals surface area contributed by atoms with Gasteiger partial charge in [-0.2, -0.15) is 25.5 Å². The van der Waals surface area contributed by atoms with Crippen LogP contribution in [0.3, 0.4) is 0 Å². The summed E-state index contributed by atoms with van der Waals surface area (Å²) < 4.78 is 128. The minimum Gasteiger partial charge on any atom is -0.238 e. The van der Waals surface area contributed by atoms with Crippen molar-refractivity contribution in [3.8, 4) is 40.5 Å². The summed E-state index contributed by atoms with van der Waals surface area (Å²) in [5.74, 6) is -16.0. The number of unbranched alkanes of at least 4 members (excludes halogenated alkanes) is 2. The van der Waals surface area contributed by atoms with Crippen molar-refractivity contribution >= 4 is 11.3 Å². The van der Waals surface area contributed by atoms with Gasteiger partial charge >= 0.3 is 5.82 Å². The van der Waals surface area contributed by atoms with Crippen molar-refractivity contribution < 1.29 is 35.1 Å². The Kier molecular flexibility index (Phi) is 10.8. The Morgan fingerprint density at radius 2 is 1.00 bits per heavy atom. The Labute approximate surface area is 303 Å². The summed E-state index contributed by atoms with van der Waals surface area (Å²) in [5.41, 5.74) is -10.8. The average Bonchev–Trinajstić information content (AvgIpc) is 3.74. The molecule has 0 unspecified atom stereocenters. The van der Waals surface area contributed by atoms with E-state index in [-0.39, 0.29) is 12.8 Å². The van der Waals surface area contributed by atoms with Crippen LogP contribution in [0, 0.1) is 100 Å². The SMILES string of the molecule is [C-]#[N+]C([N+]#[C-])=C1Cc2c(-c3c(F)c(F)c(CCCC)c(F)c3F)c3c(c(-c4c(F)c(F)c(CCCC)c(F)c4F)c2=C1[N+]#[C-])CC(=C(C#N)C#N)C=3C#N. The second kappa shape index (κ2) is 15.1. The zero-order valence-electron chi connectivity index (χ0n) is 28.4. The molecule has 268 valence electrons. The normalized spacial score (nSPS) is 12.7. The van der Waals surface area contributed by atoms with Crippen LogP contribution in [0.1, 0.15) is 61.8 Å². The molecule has 5 rings (SSSR count). The van der Waals surface area contributed by atoms with Gasteiger partial charge in [-0.1, -0.05) is 26.7 Å². The molecule has 0 spiro atoms. The Bertz CT molecular complexity index is 2410. The minimum absolute atomic E-state index is 0.117. The standard InChI is InChI=1S/C40H22F8N6/c1-6-8-10-18-31(41)35(45)29(36(46)32(18)42)26-22-13-23(40(53-4)54-5)39(52-3)28(22)27(21-12-20(17(14-49)15-50)24(16-51)25(21)26)30-37(47)33(43)19(11-9-7-2)34(44)38(30)48/h6-13H2,1-2H3. The van der Waals surface area contributed by atoms with Crippen LogP contribution in [0.5, 0.6) is 0 Å². The lowest BCUT2D eigenvalue weighted by molar-refractivity contribution is 0.440. The lowest BCUT2D eigenvalue weighted by Crippen LogP contribution is -2.27. The van der Waals surface area contributed by atoms with Crippen LogP contribution >= 0.6 is 0 Å². The van der Waals surface area contributed by atoms with E-state index in [2.05, 4.69) is 14.5 Å². The molecule has 0 N–H and O–H groups in total. The number of fused-ring (bicyclic) bond motifs is 2. The first-order chi connectivity index (χ1) is 25.8. The molecule has 0 fully saturated rings. The highest BCUT2D eigenvalue weighted by molar-refractivity contribution is 5.96. The number of allylic oxidation sites excluding steroid dienone is 2. The van der Waals surface area contributed by atoms with Gasteiger partial charge in [0.1, 0.15) is 36.9 Å². The first kappa shape index (κ1) is 38.5. The Hall–Kier alpha value is -6.74. The molecular formula is C40H22F8N6. The summed E-state index contributed by atoms with van der Waals surface area (Å²) in [4.78, 5) is 9.53. The lowest BCUT2D eigenvalue weighted by atomic mass is 9.85. The molecular weight excluding hydrogens is 716 g/mol. The molecule has 3 aromatic rings. The molecule has 2 aliphatic carbocycles. The fourth-order valence-corrected chi connectivity index (χ4v) is 7.03. The molecule has 0 aliphatic heterocycles. The van der Waals surface area contributed by atoms with Gasteiger partial charge in [0.05, 0.1) is 28.8 Å². The predicted octanol–water partition coefficient (Wildman–Crippen LogP) is 9.03. The largest absolute Gasteiger partial charge is 0.512 e. The minimum atomic E-state index is -1.97. The van der Waals surface area contributed by atoms with Gasteiger partial charge in [0, 0.05) is 28.3 Å². The molecule has 0 saturated carbocycles. The zero-order valence-corrected chi connectivity index (χ0v) is 28.4. The van der Waals surface area contributed by atoms with Crippen LogP contribution in [0.15, 0.2) is 22.5 Å². The maximum atomic E-state index is 16.4. The highest BCUT2D eigenvalue weighted by Crippen LogP contribution is 2.44. The number of nitriles is 3. The number of nitrogens with zero attached hydrogens (tertiary/aromatic N) is 6. The van der Waals surface area contributed by atoms with Gasteiger partial charge in [0.25, 0.3) is 0 Å². The molecule has 0 atom stereocenters. The second-order valence-corrected chi connectivity index (χ2v) is 12.3. The third-order valence-electron chi connectivity index (χ3n) is 9.49. The van der Waals surface area contributed by atoms with Crippen molar-refractivity contribution in [3.05, 3.63) is 136 Å². The van der Waals surface area contributed by atoms with Gasteiger partial charge in [-0.05, 0) is 59.6 Å². The van der Waals surface area contributed by atoms with E-state index < -0.39 is 161 Å². The summed E-state index contributed by atoms with van der Waals surface area (Å²) in [5, 5.41) is 28.6. The molecule has 0 aromatic heterocycles. The third kappa shape index (κ3) is 5.65. The second-order valence-electron chi connectivity index (χ2n) is 12.3.